The Kier molecular flexibility index (Phi) is 14.2. The number of pyridine rings is 1. The molecule has 2 aromatic heterocycles. The molecule has 14 nitrogen and oxygen atoms in total. The lowest BCUT2D eigenvalue weighted by Crippen LogP contribution is -2.57. The van der Waals surface area contributed by atoms with Crippen LogP contribution >= 0.6 is 0 Å². The number of aromatic nitrogens is 3. The molecule has 0 saturated carbocycles. The predicted molar refractivity (Wildman–Crippen MR) is 270 cm³/mol. The summed E-state index contributed by atoms with van der Waals surface area (Å²) in [5.74, 6) is 1.91. The van der Waals surface area contributed by atoms with Crippen molar-refractivity contribution in [3.8, 4) is 34.5 Å². The fraction of sp³-hybridized carbons (Fsp3) is 0.608. The Morgan fingerprint density at radius 1 is 0.971 bits per heavy atom. The normalized spacial score (nSPS) is 21.8. The fourth-order valence-corrected chi connectivity index (χ4v) is 17.5. The van der Waals surface area contributed by atoms with Crippen LogP contribution in [-0.4, -0.2) is 137 Å². The summed E-state index contributed by atoms with van der Waals surface area (Å²) in [5.41, 5.74) is 2.44. The summed E-state index contributed by atoms with van der Waals surface area (Å²) in [4.78, 5) is 33.9. The summed E-state index contributed by atoms with van der Waals surface area (Å²) in [5, 5.41) is 0.701. The van der Waals surface area contributed by atoms with E-state index in [1.165, 1.54) is 26.3 Å². The van der Waals surface area contributed by atoms with Gasteiger partial charge >= 0.3 is 12.1 Å². The van der Waals surface area contributed by atoms with E-state index in [1.54, 1.807) is 17.0 Å². The maximum Gasteiger partial charge on any atom is 0.410 e. The van der Waals surface area contributed by atoms with Crippen LogP contribution in [0.3, 0.4) is 0 Å². The van der Waals surface area contributed by atoms with Gasteiger partial charge in [-0.2, -0.15) is 9.97 Å². The van der Waals surface area contributed by atoms with Gasteiger partial charge in [0, 0.05) is 51.2 Å². The number of halogens is 3. The van der Waals surface area contributed by atoms with Gasteiger partial charge in [-0.3, -0.25) is 14.1 Å². The van der Waals surface area contributed by atoms with Gasteiger partial charge in [-0.1, -0.05) is 53.5 Å². The van der Waals surface area contributed by atoms with Crippen molar-refractivity contribution in [2.45, 2.75) is 140 Å². The molecule has 0 N–H and O–H groups in total. The lowest BCUT2D eigenvalue weighted by Gasteiger charge is -2.42. The number of hydrogen-bond donors (Lipinski definition) is 0. The number of piperazine rings is 1. The first-order valence-corrected chi connectivity index (χ1v) is 28.5. The van der Waals surface area contributed by atoms with Crippen molar-refractivity contribution in [3.63, 3.8) is 0 Å². The number of amides is 1. The summed E-state index contributed by atoms with van der Waals surface area (Å²) < 4.78 is 102. The minimum Gasteiger partial charge on any atom is -0.468 e. The molecule has 19 heteroatoms. The number of carbonyl (C=O) groups is 1. The monoisotopic (exact) mass is 1010 g/mol. The molecular weight excluding hydrogens is 940 g/mol. The Bertz CT molecular complexity index is 2820. The van der Waals surface area contributed by atoms with Crippen LogP contribution in [0.4, 0.5) is 29.6 Å². The highest BCUT2D eigenvalue weighted by Gasteiger charge is 2.50. The lowest BCUT2D eigenvalue weighted by molar-refractivity contribution is 0.0122. The van der Waals surface area contributed by atoms with Gasteiger partial charge in [0.05, 0.1) is 34.8 Å². The maximum absolute atomic E-state index is 18.4. The van der Waals surface area contributed by atoms with Crippen molar-refractivity contribution in [2.24, 2.45) is 0 Å². The highest BCUT2D eigenvalue weighted by Crippen LogP contribution is 2.46. The van der Waals surface area contributed by atoms with Gasteiger partial charge in [0.1, 0.15) is 55.0 Å². The topological polar surface area (TPSA) is 140 Å². The highest BCUT2D eigenvalue weighted by molar-refractivity contribution is 7.92. The van der Waals surface area contributed by atoms with E-state index in [0.717, 1.165) is 17.0 Å². The van der Waals surface area contributed by atoms with Crippen LogP contribution in [0.1, 0.15) is 100.0 Å². The molecular formula is C51H68F3N7O7SSi. The van der Waals surface area contributed by atoms with E-state index < -0.39 is 53.1 Å². The molecule has 1 amide bonds. The second-order valence-corrected chi connectivity index (χ2v) is 29.2. The van der Waals surface area contributed by atoms with Crippen molar-refractivity contribution >= 4 is 57.5 Å². The first kappa shape index (κ1) is 51.5. The molecule has 4 atom stereocenters. The average Bonchev–Trinajstić information content (AvgIpc) is 3.90. The largest absolute Gasteiger partial charge is 0.468 e. The van der Waals surface area contributed by atoms with Gasteiger partial charge in [-0.15, -0.1) is 5.54 Å². The van der Waals surface area contributed by atoms with Crippen LogP contribution in [-0.2, 0) is 19.5 Å². The van der Waals surface area contributed by atoms with E-state index in [-0.39, 0.29) is 125 Å². The summed E-state index contributed by atoms with van der Waals surface area (Å²) >= 11 is 0. The molecule has 4 aromatic rings. The molecule has 4 aliphatic rings. The van der Waals surface area contributed by atoms with E-state index in [1.807, 2.05) is 25.7 Å². The number of fused-ring (bicyclic) bond motifs is 5. The van der Waals surface area contributed by atoms with Gasteiger partial charge < -0.3 is 23.8 Å². The van der Waals surface area contributed by atoms with E-state index in [0.29, 0.717) is 31.2 Å². The zero-order valence-electron chi connectivity index (χ0n) is 42.6. The zero-order valence-corrected chi connectivity index (χ0v) is 44.4. The average molecular weight is 1010 g/mol. The quantitative estimate of drug-likeness (QED) is 0.0716. The number of rotatable bonds is 13. The van der Waals surface area contributed by atoms with Gasteiger partial charge in [-0.05, 0) is 93.2 Å². The van der Waals surface area contributed by atoms with E-state index in [4.69, 9.17) is 33.9 Å². The smallest absolute Gasteiger partial charge is 0.410 e. The van der Waals surface area contributed by atoms with Crippen molar-refractivity contribution in [1.82, 2.24) is 24.8 Å². The zero-order chi connectivity index (χ0) is 50.8. The molecule has 0 spiro atoms. The van der Waals surface area contributed by atoms with Crippen LogP contribution < -0.4 is 18.7 Å². The standard InChI is InChI=1S/C51H68F3N7O7SSi/c1-30(2)70(31(3)4,32(5)6)21-18-38-40(53)17-14-33-22-37(67-29-65-11)23-39(41(33)38)44-43(54)45-42(46(55-44)58(10)69(12,63)64)47(57-48(56-45)66-28-51-19-13-20-60(51)25-34(52)24-51)59-26-35-15-16-36(27-59)61(35)49(62)68-50(7,8)9/h14,17,22-23,30-32,34-36H,13,15-16,19-20,24-29H2,1-12H3/t34-,35?,36?,51+/m1/s1. The number of ether oxygens (including phenoxy) is 4. The van der Waals surface area contributed by atoms with Crippen molar-refractivity contribution in [1.29, 1.82) is 0 Å². The Balaban J connectivity index is 1.40. The summed E-state index contributed by atoms with van der Waals surface area (Å²) in [6.07, 6.45) is 2.68. The Morgan fingerprint density at radius 2 is 1.64 bits per heavy atom. The van der Waals surface area contributed by atoms with Crippen LogP contribution in [0.25, 0.3) is 32.9 Å². The molecule has 380 valence electrons. The number of nitrogens with zero attached hydrogens (tertiary/aromatic N) is 7. The van der Waals surface area contributed by atoms with Crippen molar-refractivity contribution < 1.29 is 45.3 Å². The number of benzene rings is 2. The first-order chi connectivity index (χ1) is 32.9. The van der Waals surface area contributed by atoms with Crippen LogP contribution in [0.2, 0.25) is 16.6 Å². The van der Waals surface area contributed by atoms with E-state index in [2.05, 4.69) is 57.9 Å². The minimum absolute atomic E-state index is 0.0131. The molecule has 4 aliphatic heterocycles. The van der Waals surface area contributed by atoms with E-state index in [9.17, 15) is 13.2 Å². The number of carbonyl (C=O) groups excluding carboxylic acids is 1. The summed E-state index contributed by atoms with van der Waals surface area (Å²) in [6, 6.07) is 5.27. The first-order valence-electron chi connectivity index (χ1n) is 24.4. The molecule has 4 saturated heterocycles. The summed E-state index contributed by atoms with van der Waals surface area (Å²) in [7, 11) is -3.78. The Labute approximate surface area is 411 Å². The van der Waals surface area contributed by atoms with Crippen molar-refractivity contribution in [3.05, 3.63) is 41.5 Å². The molecule has 70 heavy (non-hydrogen) atoms. The minimum atomic E-state index is -4.11. The van der Waals surface area contributed by atoms with Gasteiger partial charge in [0.2, 0.25) is 10.0 Å². The number of hydrogen-bond acceptors (Lipinski definition) is 12. The number of methoxy groups -OCH3 is 1. The lowest BCUT2D eigenvalue weighted by atomic mass is 9.95. The molecule has 4 fully saturated rings. The third-order valence-electron chi connectivity index (χ3n) is 15.0. The molecule has 0 aliphatic carbocycles. The summed E-state index contributed by atoms with van der Waals surface area (Å²) in [6.45, 7) is 19.8. The number of alkyl halides is 1. The van der Waals surface area contributed by atoms with E-state index >= 15 is 13.2 Å². The molecule has 2 aromatic carbocycles. The molecule has 8 rings (SSSR count). The van der Waals surface area contributed by atoms with Gasteiger partial charge in [0.25, 0.3) is 0 Å². The second-order valence-electron chi connectivity index (χ2n) is 21.6. The second kappa shape index (κ2) is 19.3. The van der Waals surface area contributed by atoms with Gasteiger partial charge in [-0.25, -0.2) is 31.4 Å². The predicted octanol–water partition coefficient (Wildman–Crippen LogP) is 9.61. The SMILES string of the molecule is COCOc1cc(-c2nc(N(C)S(C)(=O)=O)c3c(N4CC5CCC(C4)N5C(=O)OC(C)(C)C)nc(OC[C@@]45CCCN4C[C@H](F)C5)nc3c2F)c2c(C#C[Si](C(C)C)(C(C)C)C(C)C)c(F)ccc2c1. The third-order valence-corrected chi connectivity index (χ3v) is 22.5. The highest BCUT2D eigenvalue weighted by atomic mass is 32.2. The number of anilines is 2. The molecule has 2 unspecified atom stereocenters. The Hall–Kier alpha value is -4.90. The van der Waals surface area contributed by atoms with Crippen LogP contribution in [0.5, 0.6) is 11.8 Å². The molecule has 0 radical (unpaired) electrons. The molecule has 2 bridgehead atoms. The van der Waals surface area contributed by atoms with Crippen LogP contribution in [0, 0.1) is 23.1 Å². The van der Waals surface area contributed by atoms with Gasteiger partial charge in [0.15, 0.2) is 18.4 Å². The van der Waals surface area contributed by atoms with Crippen LogP contribution in [0.15, 0.2) is 24.3 Å². The third kappa shape index (κ3) is 9.49. The Morgan fingerprint density at radius 3 is 2.26 bits per heavy atom. The van der Waals surface area contributed by atoms with Crippen molar-refractivity contribution in [2.75, 3.05) is 69.2 Å². The molecule has 6 heterocycles. The number of sulfonamides is 1. The fourth-order valence-electron chi connectivity index (χ4n) is 11.8. The maximum atomic E-state index is 18.4.